The number of rotatable bonds is 2. The first-order chi connectivity index (χ1) is 5.25. The standard InChI is InChI=1S/C8H5FO2/c9-8(11)7-4-2-1-3-6(7)5-10/h1-5H. The quantitative estimate of drug-likeness (QED) is 0.476. The molecule has 0 radical (unpaired) electrons. The van der Waals surface area contributed by atoms with Crippen LogP contribution in [0.25, 0.3) is 0 Å². The molecule has 0 saturated carbocycles. The zero-order valence-electron chi connectivity index (χ0n) is 5.58. The summed E-state index contributed by atoms with van der Waals surface area (Å²) in [4.78, 5) is 20.4. The second-order valence-corrected chi connectivity index (χ2v) is 1.98. The first-order valence-electron chi connectivity index (χ1n) is 2.99. The summed E-state index contributed by atoms with van der Waals surface area (Å²) in [6.07, 6.45) is 0.451. The smallest absolute Gasteiger partial charge is 0.298 e. The van der Waals surface area contributed by atoms with E-state index < -0.39 is 6.04 Å². The van der Waals surface area contributed by atoms with Gasteiger partial charge in [-0.05, 0) is 6.07 Å². The van der Waals surface area contributed by atoms with Crippen LogP contribution >= 0.6 is 0 Å². The van der Waals surface area contributed by atoms with Gasteiger partial charge in [0, 0.05) is 5.56 Å². The van der Waals surface area contributed by atoms with Gasteiger partial charge in [0.25, 0.3) is 0 Å². The highest BCUT2D eigenvalue weighted by Gasteiger charge is 2.07. The topological polar surface area (TPSA) is 34.1 Å². The molecule has 56 valence electrons. The average molecular weight is 152 g/mol. The Morgan fingerprint density at radius 1 is 1.36 bits per heavy atom. The van der Waals surface area contributed by atoms with Gasteiger partial charge in [0.2, 0.25) is 0 Å². The molecule has 2 nitrogen and oxygen atoms in total. The van der Waals surface area contributed by atoms with E-state index >= 15 is 0 Å². The zero-order chi connectivity index (χ0) is 8.27. The van der Waals surface area contributed by atoms with Crippen molar-refractivity contribution in [2.75, 3.05) is 0 Å². The summed E-state index contributed by atoms with van der Waals surface area (Å²) in [5, 5.41) is 0. The number of hydrogen-bond donors (Lipinski definition) is 0. The molecule has 0 aliphatic carbocycles. The number of aldehydes is 1. The molecule has 0 aromatic heterocycles. The molecule has 0 unspecified atom stereocenters. The molecular formula is C8H5FO2. The predicted molar refractivity (Wildman–Crippen MR) is 37.3 cm³/mol. The first kappa shape index (κ1) is 7.60. The molecule has 0 bridgehead atoms. The summed E-state index contributed by atoms with van der Waals surface area (Å²) >= 11 is 0. The third-order valence-corrected chi connectivity index (χ3v) is 1.30. The molecule has 0 fully saturated rings. The van der Waals surface area contributed by atoms with Gasteiger partial charge in [-0.3, -0.25) is 9.59 Å². The maximum absolute atomic E-state index is 12.1. The van der Waals surface area contributed by atoms with Crippen LogP contribution in [0.3, 0.4) is 0 Å². The molecule has 1 aromatic carbocycles. The second kappa shape index (κ2) is 3.05. The minimum Gasteiger partial charge on any atom is -0.298 e. The van der Waals surface area contributed by atoms with Gasteiger partial charge in [0.05, 0.1) is 5.56 Å². The van der Waals surface area contributed by atoms with Gasteiger partial charge in [0.15, 0.2) is 6.29 Å². The largest absolute Gasteiger partial charge is 0.332 e. The molecule has 11 heavy (non-hydrogen) atoms. The first-order valence-corrected chi connectivity index (χ1v) is 2.99. The lowest BCUT2D eigenvalue weighted by Gasteiger charge is -1.94. The number of hydrogen-bond acceptors (Lipinski definition) is 2. The molecule has 0 amide bonds. The van der Waals surface area contributed by atoms with Crippen LogP contribution in [0.2, 0.25) is 0 Å². The lowest BCUT2D eigenvalue weighted by atomic mass is 10.1. The lowest BCUT2D eigenvalue weighted by Crippen LogP contribution is -1.95. The van der Waals surface area contributed by atoms with E-state index in [4.69, 9.17) is 0 Å². The fourth-order valence-electron chi connectivity index (χ4n) is 0.779. The van der Waals surface area contributed by atoms with Crippen molar-refractivity contribution in [2.45, 2.75) is 0 Å². The molecule has 0 aliphatic rings. The van der Waals surface area contributed by atoms with Crippen molar-refractivity contribution < 1.29 is 14.0 Å². The normalized spacial score (nSPS) is 9.18. The Labute approximate surface area is 62.6 Å². The minimum absolute atomic E-state index is 0.0833. The maximum atomic E-state index is 12.1. The van der Waals surface area contributed by atoms with E-state index in [-0.39, 0.29) is 11.1 Å². The van der Waals surface area contributed by atoms with E-state index in [0.29, 0.717) is 6.29 Å². The molecule has 3 heteroatoms. The molecule has 0 aliphatic heterocycles. The summed E-state index contributed by atoms with van der Waals surface area (Å²) in [5.41, 5.74) is -0.0949. The van der Waals surface area contributed by atoms with E-state index in [2.05, 4.69) is 0 Å². The molecule has 0 spiro atoms. The number of halogens is 1. The molecule has 1 rings (SSSR count). The van der Waals surface area contributed by atoms with Crippen LogP contribution in [-0.2, 0) is 0 Å². The van der Waals surface area contributed by atoms with Crippen LogP contribution in [0.1, 0.15) is 20.7 Å². The van der Waals surface area contributed by atoms with E-state index in [1.807, 2.05) is 0 Å². The van der Waals surface area contributed by atoms with Gasteiger partial charge >= 0.3 is 6.04 Å². The molecule has 0 N–H and O–H groups in total. The van der Waals surface area contributed by atoms with Crippen molar-refractivity contribution in [2.24, 2.45) is 0 Å². The number of carbonyl (C=O) groups is 2. The predicted octanol–water partition coefficient (Wildman–Crippen LogP) is 1.61. The highest BCUT2D eigenvalue weighted by Crippen LogP contribution is 2.06. The Kier molecular flexibility index (Phi) is 2.11. The van der Waals surface area contributed by atoms with Crippen molar-refractivity contribution in [3.05, 3.63) is 35.4 Å². The number of carbonyl (C=O) groups excluding carboxylic acids is 2. The SMILES string of the molecule is O=Cc1ccccc1C(=O)F. The van der Waals surface area contributed by atoms with E-state index in [0.717, 1.165) is 0 Å². The molecule has 1 aromatic rings. The fraction of sp³-hybridized carbons (Fsp3) is 0. The van der Waals surface area contributed by atoms with Crippen molar-refractivity contribution in [1.82, 2.24) is 0 Å². The Morgan fingerprint density at radius 2 is 2.00 bits per heavy atom. The van der Waals surface area contributed by atoms with Crippen LogP contribution in [0.15, 0.2) is 24.3 Å². The van der Waals surface area contributed by atoms with Crippen molar-refractivity contribution >= 4 is 12.3 Å². The maximum Gasteiger partial charge on any atom is 0.332 e. The monoisotopic (exact) mass is 152 g/mol. The molecule has 0 atom stereocenters. The Bertz CT molecular complexity index is 294. The van der Waals surface area contributed by atoms with Crippen LogP contribution in [0.5, 0.6) is 0 Å². The lowest BCUT2D eigenvalue weighted by molar-refractivity contribution is 0.0832. The van der Waals surface area contributed by atoms with Crippen LogP contribution in [0, 0.1) is 0 Å². The van der Waals surface area contributed by atoms with Crippen molar-refractivity contribution in [1.29, 1.82) is 0 Å². The third-order valence-electron chi connectivity index (χ3n) is 1.30. The van der Waals surface area contributed by atoms with Gasteiger partial charge < -0.3 is 0 Å². The van der Waals surface area contributed by atoms with Gasteiger partial charge in [-0.15, -0.1) is 0 Å². The van der Waals surface area contributed by atoms with Crippen molar-refractivity contribution in [3.8, 4) is 0 Å². The highest BCUT2D eigenvalue weighted by atomic mass is 19.1. The molecule has 0 saturated heterocycles. The summed E-state index contributed by atoms with van der Waals surface area (Å²) in [6, 6.07) is 4.15. The van der Waals surface area contributed by atoms with Crippen LogP contribution in [-0.4, -0.2) is 12.3 Å². The highest BCUT2D eigenvalue weighted by molar-refractivity contribution is 5.97. The van der Waals surface area contributed by atoms with Gasteiger partial charge in [-0.1, -0.05) is 18.2 Å². The summed E-state index contributed by atoms with van der Waals surface area (Å²) < 4.78 is 12.1. The average Bonchev–Trinajstić information content (AvgIpc) is 2.04. The Morgan fingerprint density at radius 3 is 2.45 bits per heavy atom. The summed E-state index contributed by atoms with van der Waals surface area (Å²) in [5.74, 6) is 0. The van der Waals surface area contributed by atoms with Gasteiger partial charge in [-0.2, -0.15) is 4.39 Å². The summed E-state index contributed by atoms with van der Waals surface area (Å²) in [6.45, 7) is 0. The zero-order valence-corrected chi connectivity index (χ0v) is 5.58. The van der Waals surface area contributed by atoms with Crippen LogP contribution < -0.4 is 0 Å². The Hall–Kier alpha value is -1.51. The van der Waals surface area contributed by atoms with Gasteiger partial charge in [-0.25, -0.2) is 0 Å². The Balaban J connectivity index is 3.22. The van der Waals surface area contributed by atoms with Gasteiger partial charge in [0.1, 0.15) is 0 Å². The second-order valence-electron chi connectivity index (χ2n) is 1.98. The molecular weight excluding hydrogens is 147 g/mol. The molecule has 0 heterocycles. The number of benzene rings is 1. The van der Waals surface area contributed by atoms with E-state index in [1.165, 1.54) is 18.2 Å². The fourth-order valence-corrected chi connectivity index (χ4v) is 0.779. The van der Waals surface area contributed by atoms with Crippen LogP contribution in [0.4, 0.5) is 4.39 Å². The van der Waals surface area contributed by atoms with E-state index in [9.17, 15) is 14.0 Å². The summed E-state index contributed by atoms with van der Waals surface area (Å²) in [7, 11) is 0. The van der Waals surface area contributed by atoms with Crippen molar-refractivity contribution in [3.63, 3.8) is 0 Å². The minimum atomic E-state index is -1.58. The van der Waals surface area contributed by atoms with E-state index in [1.54, 1.807) is 6.07 Å². The third kappa shape index (κ3) is 1.49.